The van der Waals surface area contributed by atoms with Gasteiger partial charge in [0.1, 0.15) is 0 Å². The minimum Gasteiger partial charge on any atom is -0.374 e. The van der Waals surface area contributed by atoms with Crippen LogP contribution < -0.4 is 5.32 Å². The summed E-state index contributed by atoms with van der Waals surface area (Å²) in [6, 6.07) is 0. The minimum absolute atomic E-state index is 0.120. The van der Waals surface area contributed by atoms with Crippen molar-refractivity contribution < 1.29 is 9.69 Å². The summed E-state index contributed by atoms with van der Waals surface area (Å²) in [4.78, 5) is 23.0. The molecule has 0 bridgehead atoms. The molecule has 0 aliphatic rings. The summed E-state index contributed by atoms with van der Waals surface area (Å²) in [5.41, 5.74) is 0. The zero-order valence-electron chi connectivity index (χ0n) is 11.4. The van der Waals surface area contributed by atoms with Gasteiger partial charge in [-0.25, -0.2) is 0 Å². The summed E-state index contributed by atoms with van der Waals surface area (Å²) in [5, 5.41) is 2.85. The Morgan fingerprint density at radius 3 is 2.59 bits per heavy atom. The Morgan fingerprint density at radius 2 is 2.00 bits per heavy atom. The number of carbonyl (C=O) groups is 1. The molecule has 0 saturated carbocycles. The van der Waals surface area contributed by atoms with Crippen molar-refractivity contribution in [1.82, 2.24) is 10.2 Å². The van der Waals surface area contributed by atoms with Gasteiger partial charge < -0.3 is 15.1 Å². The lowest BCUT2D eigenvalue weighted by Gasteiger charge is -2.10. The highest BCUT2D eigenvalue weighted by atomic mass is 31.1. The Morgan fingerprint density at radius 1 is 1.29 bits per heavy atom. The highest BCUT2D eigenvalue weighted by Gasteiger charge is 2.03. The molecular formula is C12H27N2O2P. The summed E-state index contributed by atoms with van der Waals surface area (Å²) in [6.07, 6.45) is 5.36. The third-order valence-electron chi connectivity index (χ3n) is 2.57. The van der Waals surface area contributed by atoms with E-state index in [4.69, 9.17) is 0 Å². The van der Waals surface area contributed by atoms with E-state index >= 15 is 0 Å². The van der Waals surface area contributed by atoms with Crippen LogP contribution in [0.1, 0.15) is 32.6 Å². The first-order valence-corrected chi connectivity index (χ1v) is 8.08. The third-order valence-corrected chi connectivity index (χ3v) is 4.04. The second-order valence-electron chi connectivity index (χ2n) is 4.51. The van der Waals surface area contributed by atoms with Crippen molar-refractivity contribution in [3.05, 3.63) is 0 Å². The Kier molecular flexibility index (Phi) is 10.8. The van der Waals surface area contributed by atoms with Crippen LogP contribution in [0.5, 0.6) is 0 Å². The van der Waals surface area contributed by atoms with E-state index in [1.807, 2.05) is 6.92 Å². The van der Waals surface area contributed by atoms with Crippen molar-refractivity contribution in [2.24, 2.45) is 0 Å². The number of carbonyl (C=O) groups excluding carboxylic acids is 1. The molecule has 0 aromatic carbocycles. The lowest BCUT2D eigenvalue weighted by molar-refractivity contribution is -0.121. The van der Waals surface area contributed by atoms with E-state index in [1.54, 1.807) is 0 Å². The predicted molar refractivity (Wildman–Crippen MR) is 74.6 cm³/mol. The van der Waals surface area contributed by atoms with Crippen LogP contribution in [0.4, 0.5) is 0 Å². The van der Waals surface area contributed by atoms with E-state index in [1.165, 1.54) is 0 Å². The molecule has 0 rings (SSSR count). The van der Waals surface area contributed by atoms with Crippen LogP contribution in [0.3, 0.4) is 0 Å². The standard InChI is InChI=1S/C12H27N2O2P/c1-4-17(16)11-9-13-12(15)8-6-5-7-10-14(2)3/h16H,4-11H2,1-3H3,(H,13,15). The average Bonchev–Trinajstić information content (AvgIpc) is 2.27. The van der Waals surface area contributed by atoms with Crippen LogP contribution in [-0.4, -0.2) is 55.2 Å². The third kappa shape index (κ3) is 12.1. The monoisotopic (exact) mass is 262 g/mol. The van der Waals surface area contributed by atoms with Gasteiger partial charge in [0.05, 0.1) is 0 Å². The molecule has 1 amide bonds. The van der Waals surface area contributed by atoms with Gasteiger partial charge in [-0.1, -0.05) is 13.3 Å². The Hall–Kier alpha value is -0.180. The molecule has 0 saturated heterocycles. The molecule has 0 heterocycles. The van der Waals surface area contributed by atoms with E-state index in [2.05, 4.69) is 24.3 Å². The first-order valence-electron chi connectivity index (χ1n) is 6.41. The van der Waals surface area contributed by atoms with Gasteiger partial charge in [-0.3, -0.25) is 4.79 Å². The van der Waals surface area contributed by atoms with Gasteiger partial charge in [0.2, 0.25) is 5.91 Å². The maximum Gasteiger partial charge on any atom is 0.220 e. The van der Waals surface area contributed by atoms with Gasteiger partial charge in [-0.05, 0) is 39.6 Å². The molecule has 1 unspecified atom stereocenters. The van der Waals surface area contributed by atoms with Crippen molar-refractivity contribution >= 4 is 14.1 Å². The van der Waals surface area contributed by atoms with Crippen molar-refractivity contribution in [2.75, 3.05) is 39.5 Å². The molecule has 0 spiro atoms. The SMILES string of the molecule is CCP(O)CCNC(=O)CCCCCN(C)C. The molecule has 0 aliphatic heterocycles. The minimum atomic E-state index is -0.855. The quantitative estimate of drug-likeness (QED) is 0.465. The van der Waals surface area contributed by atoms with Gasteiger partial charge >= 0.3 is 0 Å². The topological polar surface area (TPSA) is 52.6 Å². The van der Waals surface area contributed by atoms with Crippen molar-refractivity contribution in [3.63, 3.8) is 0 Å². The smallest absolute Gasteiger partial charge is 0.220 e. The summed E-state index contributed by atoms with van der Waals surface area (Å²) in [6.45, 7) is 3.68. The molecule has 0 fully saturated rings. The van der Waals surface area contributed by atoms with E-state index in [0.29, 0.717) is 13.0 Å². The molecule has 2 N–H and O–H groups in total. The number of amides is 1. The largest absolute Gasteiger partial charge is 0.374 e. The Labute approximate surface area is 107 Å². The fourth-order valence-electron chi connectivity index (χ4n) is 1.46. The van der Waals surface area contributed by atoms with Crippen LogP contribution >= 0.6 is 8.15 Å². The molecular weight excluding hydrogens is 235 g/mol. The lowest BCUT2D eigenvalue weighted by atomic mass is 10.2. The highest BCUT2D eigenvalue weighted by Crippen LogP contribution is 2.26. The fourth-order valence-corrected chi connectivity index (χ4v) is 2.15. The molecule has 1 atom stereocenters. The summed E-state index contributed by atoms with van der Waals surface area (Å²) in [5.74, 6) is 0.120. The van der Waals surface area contributed by atoms with Crippen molar-refractivity contribution in [2.45, 2.75) is 32.6 Å². The molecule has 0 radical (unpaired) electrons. The molecule has 4 nitrogen and oxygen atoms in total. The van der Waals surface area contributed by atoms with Gasteiger partial charge in [0, 0.05) is 27.3 Å². The van der Waals surface area contributed by atoms with Crippen molar-refractivity contribution in [3.8, 4) is 0 Å². The van der Waals surface area contributed by atoms with E-state index in [-0.39, 0.29) is 5.91 Å². The normalized spacial score (nSPS) is 12.8. The molecule has 0 aromatic rings. The van der Waals surface area contributed by atoms with Crippen LogP contribution in [0.2, 0.25) is 0 Å². The van der Waals surface area contributed by atoms with Crippen LogP contribution in [0.15, 0.2) is 0 Å². The molecule has 0 aliphatic carbocycles. The maximum atomic E-state index is 11.4. The van der Waals surface area contributed by atoms with Gasteiger partial charge in [-0.2, -0.15) is 0 Å². The zero-order chi connectivity index (χ0) is 13.1. The Balaban J connectivity index is 3.29. The Bertz CT molecular complexity index is 201. The highest BCUT2D eigenvalue weighted by molar-refractivity contribution is 7.51. The predicted octanol–water partition coefficient (Wildman–Crippen LogP) is 1.63. The van der Waals surface area contributed by atoms with E-state index in [0.717, 1.165) is 38.1 Å². The van der Waals surface area contributed by atoms with Crippen LogP contribution in [-0.2, 0) is 4.79 Å². The number of hydrogen-bond acceptors (Lipinski definition) is 3. The number of nitrogens with one attached hydrogen (secondary N) is 1. The van der Waals surface area contributed by atoms with Crippen LogP contribution in [0.25, 0.3) is 0 Å². The lowest BCUT2D eigenvalue weighted by Crippen LogP contribution is -2.25. The fraction of sp³-hybridized carbons (Fsp3) is 0.917. The van der Waals surface area contributed by atoms with Gasteiger partial charge in [0.25, 0.3) is 0 Å². The number of unbranched alkanes of at least 4 members (excludes halogenated alkanes) is 2. The second kappa shape index (κ2) is 10.9. The molecule has 102 valence electrons. The van der Waals surface area contributed by atoms with E-state index < -0.39 is 8.15 Å². The van der Waals surface area contributed by atoms with Gasteiger partial charge in [0.15, 0.2) is 0 Å². The zero-order valence-corrected chi connectivity index (χ0v) is 12.3. The summed E-state index contributed by atoms with van der Waals surface area (Å²) < 4.78 is 0. The number of hydrogen-bond donors (Lipinski definition) is 2. The molecule has 0 aromatic heterocycles. The summed E-state index contributed by atoms with van der Waals surface area (Å²) in [7, 11) is 3.27. The van der Waals surface area contributed by atoms with Crippen molar-refractivity contribution in [1.29, 1.82) is 0 Å². The molecule has 17 heavy (non-hydrogen) atoms. The summed E-state index contributed by atoms with van der Waals surface area (Å²) >= 11 is 0. The first kappa shape index (κ1) is 16.8. The number of rotatable bonds is 10. The van der Waals surface area contributed by atoms with E-state index in [9.17, 15) is 9.69 Å². The van der Waals surface area contributed by atoms with Crippen LogP contribution in [0, 0.1) is 0 Å². The average molecular weight is 262 g/mol. The molecule has 5 heteroatoms. The maximum absolute atomic E-state index is 11.4. The first-order chi connectivity index (χ1) is 8.06. The van der Waals surface area contributed by atoms with Gasteiger partial charge in [-0.15, -0.1) is 0 Å². The second-order valence-corrected chi connectivity index (χ2v) is 6.60. The number of nitrogens with zero attached hydrogens (tertiary/aromatic N) is 1.